The van der Waals surface area contributed by atoms with Gasteiger partial charge in [-0.25, -0.2) is 9.78 Å². The molecular formula is C15H24N4O2. The molecule has 6 nitrogen and oxygen atoms in total. The molecule has 0 atom stereocenters. The van der Waals surface area contributed by atoms with Crippen LogP contribution in [0.4, 0.5) is 11.5 Å². The highest BCUT2D eigenvalue weighted by molar-refractivity contribution is 5.97. The summed E-state index contributed by atoms with van der Waals surface area (Å²) < 4.78 is 5.04. The van der Waals surface area contributed by atoms with Crippen molar-refractivity contribution in [3.8, 4) is 0 Å². The molecule has 0 aliphatic carbocycles. The van der Waals surface area contributed by atoms with Gasteiger partial charge in [-0.15, -0.1) is 0 Å². The van der Waals surface area contributed by atoms with E-state index in [0.29, 0.717) is 23.7 Å². The summed E-state index contributed by atoms with van der Waals surface area (Å²) >= 11 is 0. The van der Waals surface area contributed by atoms with Crippen LogP contribution in [0.1, 0.15) is 31.1 Å². The van der Waals surface area contributed by atoms with Gasteiger partial charge in [0, 0.05) is 31.4 Å². The number of piperazine rings is 1. The van der Waals surface area contributed by atoms with Crippen molar-refractivity contribution in [2.24, 2.45) is 0 Å². The second kappa shape index (κ2) is 5.89. The number of nitrogens with zero attached hydrogens (tertiary/aromatic N) is 3. The lowest BCUT2D eigenvalue weighted by molar-refractivity contribution is 0.0527. The third-order valence-corrected chi connectivity index (χ3v) is 4.08. The molecule has 0 spiro atoms. The average molecular weight is 292 g/mol. The number of pyridine rings is 1. The number of hydrogen-bond acceptors (Lipinski definition) is 6. The van der Waals surface area contributed by atoms with Crippen molar-refractivity contribution in [3.05, 3.63) is 17.8 Å². The molecule has 1 saturated heterocycles. The summed E-state index contributed by atoms with van der Waals surface area (Å²) in [6.45, 7) is 9.06. The fraction of sp³-hybridized carbons (Fsp3) is 0.600. The molecule has 0 radical (unpaired) electrons. The summed E-state index contributed by atoms with van der Waals surface area (Å²) in [6.07, 6.45) is 1.61. The molecule has 0 saturated carbocycles. The molecule has 21 heavy (non-hydrogen) atoms. The number of nitrogens with two attached hydrogens (primary N) is 1. The van der Waals surface area contributed by atoms with E-state index in [1.807, 2.05) is 0 Å². The molecular weight excluding hydrogens is 268 g/mol. The first kappa shape index (κ1) is 15.6. The van der Waals surface area contributed by atoms with E-state index >= 15 is 0 Å². The maximum Gasteiger partial charge on any atom is 0.340 e. The Balaban J connectivity index is 2.29. The molecule has 0 amide bonds. The maximum atomic E-state index is 11.9. The third kappa shape index (κ3) is 3.10. The van der Waals surface area contributed by atoms with Gasteiger partial charge in [0.25, 0.3) is 0 Å². The van der Waals surface area contributed by atoms with E-state index in [1.54, 1.807) is 19.2 Å². The van der Waals surface area contributed by atoms with Crippen LogP contribution in [-0.4, -0.2) is 54.7 Å². The van der Waals surface area contributed by atoms with Gasteiger partial charge in [-0.2, -0.15) is 0 Å². The van der Waals surface area contributed by atoms with Gasteiger partial charge < -0.3 is 15.4 Å². The van der Waals surface area contributed by atoms with Gasteiger partial charge in [0.1, 0.15) is 0 Å². The van der Waals surface area contributed by atoms with Crippen molar-refractivity contribution >= 4 is 17.5 Å². The Kier molecular flexibility index (Phi) is 4.37. The van der Waals surface area contributed by atoms with Crippen LogP contribution in [0, 0.1) is 0 Å². The minimum atomic E-state index is -0.396. The molecule has 1 aromatic rings. The van der Waals surface area contributed by atoms with Gasteiger partial charge >= 0.3 is 5.97 Å². The van der Waals surface area contributed by atoms with Crippen LogP contribution in [0.2, 0.25) is 0 Å². The Hall–Kier alpha value is -1.82. The lowest BCUT2D eigenvalue weighted by Gasteiger charge is -2.46. The molecule has 0 unspecified atom stereocenters. The fourth-order valence-corrected chi connectivity index (χ4v) is 2.52. The van der Waals surface area contributed by atoms with Crippen LogP contribution >= 0.6 is 0 Å². The minimum absolute atomic E-state index is 0.0340. The SMILES string of the molecule is CCOC(=O)c1ccnc(N2CCN(C)C(C)(C)C2)c1N. The first-order chi connectivity index (χ1) is 9.86. The van der Waals surface area contributed by atoms with Crippen LogP contribution < -0.4 is 10.6 Å². The van der Waals surface area contributed by atoms with Gasteiger partial charge in [-0.3, -0.25) is 4.90 Å². The number of esters is 1. The molecule has 1 aliphatic rings. The quantitative estimate of drug-likeness (QED) is 0.848. The molecule has 0 aromatic carbocycles. The highest BCUT2D eigenvalue weighted by atomic mass is 16.5. The Labute approximate surface area is 125 Å². The zero-order chi connectivity index (χ0) is 15.6. The molecule has 1 aromatic heterocycles. The summed E-state index contributed by atoms with van der Waals surface area (Å²) in [5, 5.41) is 0. The number of likely N-dealkylation sites (N-methyl/N-ethyl adjacent to an activating group) is 1. The van der Waals surface area contributed by atoms with E-state index in [9.17, 15) is 4.79 Å². The second-order valence-corrected chi connectivity index (χ2v) is 5.97. The van der Waals surface area contributed by atoms with E-state index in [1.165, 1.54) is 0 Å². The second-order valence-electron chi connectivity index (χ2n) is 5.97. The van der Waals surface area contributed by atoms with E-state index < -0.39 is 5.97 Å². The number of rotatable bonds is 3. The highest BCUT2D eigenvalue weighted by Gasteiger charge is 2.32. The monoisotopic (exact) mass is 292 g/mol. The van der Waals surface area contributed by atoms with E-state index in [-0.39, 0.29) is 5.54 Å². The number of nitrogen functional groups attached to an aromatic ring is 1. The van der Waals surface area contributed by atoms with Crippen molar-refractivity contribution in [2.75, 3.05) is 43.9 Å². The normalized spacial score (nSPS) is 18.6. The van der Waals surface area contributed by atoms with Crippen LogP contribution in [0.15, 0.2) is 12.3 Å². The van der Waals surface area contributed by atoms with E-state index in [2.05, 4.69) is 35.7 Å². The molecule has 0 bridgehead atoms. The standard InChI is InChI=1S/C15H24N4O2/c1-5-21-14(20)11-6-7-17-13(12(11)16)19-9-8-18(4)15(2,3)10-19/h6-7H,5,8-10,16H2,1-4H3. The maximum absolute atomic E-state index is 11.9. The summed E-state index contributed by atoms with van der Waals surface area (Å²) in [7, 11) is 2.11. The van der Waals surface area contributed by atoms with Crippen LogP contribution in [0.3, 0.4) is 0 Å². The van der Waals surface area contributed by atoms with Gasteiger partial charge in [-0.05, 0) is 33.9 Å². The van der Waals surface area contributed by atoms with Crippen LogP contribution in [-0.2, 0) is 4.74 Å². The topological polar surface area (TPSA) is 71.7 Å². The largest absolute Gasteiger partial charge is 0.462 e. The lowest BCUT2D eigenvalue weighted by Crippen LogP contribution is -2.58. The van der Waals surface area contributed by atoms with Crippen LogP contribution in [0.5, 0.6) is 0 Å². The highest BCUT2D eigenvalue weighted by Crippen LogP contribution is 2.29. The predicted octanol–water partition coefficient (Wildman–Crippen LogP) is 1.37. The van der Waals surface area contributed by atoms with Crippen LogP contribution in [0.25, 0.3) is 0 Å². The summed E-state index contributed by atoms with van der Waals surface area (Å²) in [5.41, 5.74) is 6.97. The molecule has 2 N–H and O–H groups in total. The van der Waals surface area contributed by atoms with E-state index in [0.717, 1.165) is 19.6 Å². The zero-order valence-corrected chi connectivity index (χ0v) is 13.2. The average Bonchev–Trinajstić information content (AvgIpc) is 2.42. The number of hydrogen-bond donors (Lipinski definition) is 1. The van der Waals surface area contributed by atoms with Gasteiger partial charge in [0.2, 0.25) is 0 Å². The molecule has 116 valence electrons. The first-order valence-electron chi connectivity index (χ1n) is 7.24. The molecule has 1 aliphatic heterocycles. The van der Waals surface area contributed by atoms with Gasteiger partial charge in [-0.1, -0.05) is 0 Å². The predicted molar refractivity (Wildman–Crippen MR) is 83.5 cm³/mol. The number of aromatic nitrogens is 1. The van der Waals surface area contributed by atoms with Crippen molar-refractivity contribution in [2.45, 2.75) is 26.3 Å². The molecule has 6 heteroatoms. The van der Waals surface area contributed by atoms with Gasteiger partial charge in [0.05, 0.1) is 17.9 Å². The third-order valence-electron chi connectivity index (χ3n) is 4.08. The summed E-state index contributed by atoms with van der Waals surface area (Å²) in [6, 6.07) is 1.61. The Morgan fingerprint density at radius 1 is 1.48 bits per heavy atom. The smallest absolute Gasteiger partial charge is 0.340 e. The number of ether oxygens (including phenoxy) is 1. The number of carbonyl (C=O) groups excluding carboxylic acids is 1. The fourth-order valence-electron chi connectivity index (χ4n) is 2.52. The van der Waals surface area contributed by atoms with Crippen molar-refractivity contribution in [1.29, 1.82) is 0 Å². The van der Waals surface area contributed by atoms with Crippen molar-refractivity contribution < 1.29 is 9.53 Å². The summed E-state index contributed by atoms with van der Waals surface area (Å²) in [5.74, 6) is 0.272. The molecule has 2 rings (SSSR count). The summed E-state index contributed by atoms with van der Waals surface area (Å²) in [4.78, 5) is 20.7. The minimum Gasteiger partial charge on any atom is -0.462 e. The lowest BCUT2D eigenvalue weighted by atomic mass is 9.99. The number of carbonyl (C=O) groups is 1. The molecule has 2 heterocycles. The first-order valence-corrected chi connectivity index (χ1v) is 7.24. The van der Waals surface area contributed by atoms with Crippen molar-refractivity contribution in [3.63, 3.8) is 0 Å². The van der Waals surface area contributed by atoms with E-state index in [4.69, 9.17) is 10.5 Å². The van der Waals surface area contributed by atoms with Gasteiger partial charge in [0.15, 0.2) is 5.82 Å². The Bertz CT molecular complexity index is 530. The molecule has 1 fully saturated rings. The Morgan fingerprint density at radius 3 is 2.81 bits per heavy atom. The number of anilines is 2. The Morgan fingerprint density at radius 2 is 2.19 bits per heavy atom. The van der Waals surface area contributed by atoms with Crippen molar-refractivity contribution in [1.82, 2.24) is 9.88 Å². The zero-order valence-electron chi connectivity index (χ0n) is 13.2.